The molecule has 1 fully saturated rings. The lowest BCUT2D eigenvalue weighted by Gasteiger charge is -2.32. The second kappa shape index (κ2) is 9.54. The van der Waals surface area contributed by atoms with Gasteiger partial charge in [-0.3, -0.25) is 4.68 Å². The second-order valence-corrected chi connectivity index (χ2v) is 9.62. The minimum absolute atomic E-state index is 0.235. The predicted octanol–water partition coefficient (Wildman–Crippen LogP) is 0.601. The highest BCUT2D eigenvalue weighted by atomic mass is 32.2. The summed E-state index contributed by atoms with van der Waals surface area (Å²) in [5.74, 6) is 1.06. The first-order valence-corrected chi connectivity index (χ1v) is 11.7. The van der Waals surface area contributed by atoms with Crippen molar-refractivity contribution in [3.8, 4) is 0 Å². The molecule has 27 heavy (non-hydrogen) atoms. The summed E-state index contributed by atoms with van der Waals surface area (Å²) in [5, 5.41) is 11.3. The van der Waals surface area contributed by atoms with Crippen LogP contribution in [0.5, 0.6) is 0 Å². The van der Waals surface area contributed by atoms with Gasteiger partial charge in [0.2, 0.25) is 0 Å². The molecule has 0 amide bonds. The molecule has 0 bridgehead atoms. The maximum atomic E-state index is 11.3. The number of nitrogens with one attached hydrogen (secondary N) is 2. The zero-order chi connectivity index (χ0) is 20.0. The molecule has 0 saturated carbocycles. The van der Waals surface area contributed by atoms with E-state index in [0.717, 1.165) is 49.8 Å². The molecule has 0 aromatic carbocycles. The van der Waals surface area contributed by atoms with Crippen LogP contribution in [0.2, 0.25) is 0 Å². The number of piperidine rings is 1. The van der Waals surface area contributed by atoms with Crippen LogP contribution in [-0.4, -0.2) is 73.3 Å². The molecule has 1 aliphatic heterocycles. The van der Waals surface area contributed by atoms with Gasteiger partial charge in [-0.2, -0.15) is 5.10 Å². The van der Waals surface area contributed by atoms with E-state index in [1.165, 1.54) is 11.8 Å². The van der Waals surface area contributed by atoms with Crippen LogP contribution in [0.1, 0.15) is 36.7 Å². The Morgan fingerprint density at radius 3 is 2.48 bits per heavy atom. The van der Waals surface area contributed by atoms with Crippen molar-refractivity contribution in [3.05, 3.63) is 17.0 Å². The van der Waals surface area contributed by atoms with Gasteiger partial charge < -0.3 is 15.5 Å². The third-order valence-electron chi connectivity index (χ3n) is 5.11. The molecule has 0 radical (unpaired) electrons. The Morgan fingerprint density at radius 2 is 1.96 bits per heavy atom. The van der Waals surface area contributed by atoms with Crippen molar-refractivity contribution in [2.75, 3.05) is 38.2 Å². The third-order valence-corrected chi connectivity index (χ3v) is 6.03. The average molecular weight is 399 g/mol. The number of aromatic nitrogens is 2. The number of aliphatic imine (C=N–C) groups is 1. The quantitative estimate of drug-likeness (QED) is 0.516. The molecule has 1 saturated heterocycles. The first kappa shape index (κ1) is 21.7. The van der Waals surface area contributed by atoms with Gasteiger partial charge in [0.1, 0.15) is 9.84 Å². The van der Waals surface area contributed by atoms with Crippen molar-refractivity contribution in [2.24, 2.45) is 12.0 Å². The molecule has 2 N–H and O–H groups in total. The fourth-order valence-corrected chi connectivity index (χ4v) is 3.90. The largest absolute Gasteiger partial charge is 0.357 e. The number of hydrogen-bond acceptors (Lipinski definition) is 5. The van der Waals surface area contributed by atoms with E-state index in [9.17, 15) is 8.42 Å². The first-order valence-electron chi connectivity index (χ1n) is 9.63. The van der Waals surface area contributed by atoms with Crippen molar-refractivity contribution in [3.63, 3.8) is 0 Å². The molecule has 0 aliphatic carbocycles. The lowest BCUT2D eigenvalue weighted by Crippen LogP contribution is -2.49. The summed E-state index contributed by atoms with van der Waals surface area (Å²) in [5.41, 5.74) is 3.34. The third kappa shape index (κ3) is 6.80. The van der Waals surface area contributed by atoms with Crippen molar-refractivity contribution < 1.29 is 8.42 Å². The van der Waals surface area contributed by atoms with Gasteiger partial charge in [-0.05, 0) is 33.6 Å². The molecule has 0 atom stereocenters. The molecule has 1 aromatic heterocycles. The van der Waals surface area contributed by atoms with Crippen LogP contribution in [0.25, 0.3) is 0 Å². The minimum Gasteiger partial charge on any atom is -0.357 e. The SMILES string of the molecule is CCNC(=NCc1c(C)nn(C)c1C)NC1CCN(CCS(C)(=O)=O)CC1. The van der Waals surface area contributed by atoms with Gasteiger partial charge in [0.25, 0.3) is 0 Å². The van der Waals surface area contributed by atoms with E-state index in [1.807, 2.05) is 18.7 Å². The fraction of sp³-hybridized carbons (Fsp3) is 0.778. The van der Waals surface area contributed by atoms with Crippen LogP contribution in [0, 0.1) is 13.8 Å². The molecule has 2 heterocycles. The van der Waals surface area contributed by atoms with Gasteiger partial charge in [0.05, 0.1) is 18.0 Å². The van der Waals surface area contributed by atoms with E-state index in [2.05, 4.69) is 34.5 Å². The summed E-state index contributed by atoms with van der Waals surface area (Å²) >= 11 is 0. The van der Waals surface area contributed by atoms with Gasteiger partial charge in [-0.25, -0.2) is 13.4 Å². The van der Waals surface area contributed by atoms with Gasteiger partial charge in [-0.15, -0.1) is 0 Å². The highest BCUT2D eigenvalue weighted by Gasteiger charge is 2.21. The summed E-state index contributed by atoms with van der Waals surface area (Å²) in [6, 6.07) is 0.355. The van der Waals surface area contributed by atoms with Crippen molar-refractivity contribution >= 4 is 15.8 Å². The number of rotatable bonds is 7. The van der Waals surface area contributed by atoms with Crippen LogP contribution in [0.3, 0.4) is 0 Å². The Hall–Kier alpha value is -1.61. The zero-order valence-corrected chi connectivity index (χ0v) is 18.1. The van der Waals surface area contributed by atoms with Crippen LogP contribution in [-0.2, 0) is 23.4 Å². The molecular weight excluding hydrogens is 364 g/mol. The molecule has 0 unspecified atom stereocenters. The van der Waals surface area contributed by atoms with Crippen LogP contribution in [0.4, 0.5) is 0 Å². The maximum absolute atomic E-state index is 11.3. The Labute approximate surface area is 163 Å². The van der Waals surface area contributed by atoms with E-state index in [-0.39, 0.29) is 5.75 Å². The highest BCUT2D eigenvalue weighted by molar-refractivity contribution is 7.90. The number of aryl methyl sites for hydroxylation is 2. The van der Waals surface area contributed by atoms with Gasteiger partial charge in [-0.1, -0.05) is 0 Å². The summed E-state index contributed by atoms with van der Waals surface area (Å²) in [6.07, 6.45) is 3.27. The summed E-state index contributed by atoms with van der Waals surface area (Å²) < 4.78 is 24.5. The van der Waals surface area contributed by atoms with Gasteiger partial charge in [0, 0.05) is 56.8 Å². The Balaban J connectivity index is 1.89. The normalized spacial score (nSPS) is 17.3. The standard InChI is InChI=1S/C18H34N6O2S/c1-6-19-18(20-13-17-14(2)22-23(4)15(17)3)21-16-7-9-24(10-8-16)11-12-27(5,25)26/h16H,6-13H2,1-5H3,(H2,19,20,21). The van der Waals surface area contributed by atoms with Crippen LogP contribution >= 0.6 is 0 Å². The maximum Gasteiger partial charge on any atom is 0.191 e. The van der Waals surface area contributed by atoms with E-state index in [4.69, 9.17) is 4.99 Å². The van der Waals surface area contributed by atoms with E-state index >= 15 is 0 Å². The van der Waals surface area contributed by atoms with E-state index in [0.29, 0.717) is 19.1 Å². The van der Waals surface area contributed by atoms with Gasteiger partial charge >= 0.3 is 0 Å². The lowest BCUT2D eigenvalue weighted by atomic mass is 10.1. The van der Waals surface area contributed by atoms with E-state index in [1.54, 1.807) is 0 Å². The molecule has 1 aliphatic rings. The minimum atomic E-state index is -2.90. The smallest absolute Gasteiger partial charge is 0.191 e. The van der Waals surface area contributed by atoms with Crippen molar-refractivity contribution in [1.29, 1.82) is 0 Å². The number of guanidine groups is 1. The fourth-order valence-electron chi connectivity index (χ4n) is 3.31. The Kier molecular flexibility index (Phi) is 7.67. The predicted molar refractivity (Wildman–Crippen MR) is 110 cm³/mol. The number of sulfone groups is 1. The summed E-state index contributed by atoms with van der Waals surface area (Å²) in [7, 11) is -0.941. The van der Waals surface area contributed by atoms with E-state index < -0.39 is 9.84 Å². The van der Waals surface area contributed by atoms with Gasteiger partial charge in [0.15, 0.2) is 5.96 Å². The van der Waals surface area contributed by atoms with Crippen molar-refractivity contribution in [2.45, 2.75) is 46.2 Å². The lowest BCUT2D eigenvalue weighted by molar-refractivity contribution is 0.216. The summed E-state index contributed by atoms with van der Waals surface area (Å²) in [6.45, 7) is 10.0. The molecule has 9 heteroatoms. The number of likely N-dealkylation sites (tertiary alicyclic amines) is 1. The molecular formula is C18H34N6O2S. The number of nitrogens with zero attached hydrogens (tertiary/aromatic N) is 4. The molecule has 154 valence electrons. The molecule has 0 spiro atoms. The Morgan fingerprint density at radius 1 is 1.30 bits per heavy atom. The molecule has 8 nitrogen and oxygen atoms in total. The monoisotopic (exact) mass is 398 g/mol. The number of hydrogen-bond donors (Lipinski definition) is 2. The topological polar surface area (TPSA) is 91.6 Å². The Bertz CT molecular complexity index is 748. The molecule has 2 rings (SSSR count). The van der Waals surface area contributed by atoms with Crippen LogP contribution in [0.15, 0.2) is 4.99 Å². The highest BCUT2D eigenvalue weighted by Crippen LogP contribution is 2.13. The zero-order valence-electron chi connectivity index (χ0n) is 17.2. The summed E-state index contributed by atoms with van der Waals surface area (Å²) in [4.78, 5) is 6.98. The second-order valence-electron chi connectivity index (χ2n) is 7.36. The van der Waals surface area contributed by atoms with Crippen LogP contribution < -0.4 is 10.6 Å². The first-order chi connectivity index (χ1) is 12.7. The van der Waals surface area contributed by atoms with Crippen molar-refractivity contribution in [1.82, 2.24) is 25.3 Å². The molecule has 1 aromatic rings. The average Bonchev–Trinajstić information content (AvgIpc) is 2.84.